The molecular weight excluding hydrogens is 331 g/mol. The highest BCUT2D eigenvalue weighted by atomic mass is 35.5. The fourth-order valence-electron chi connectivity index (χ4n) is 2.01. The Morgan fingerprint density at radius 3 is 2.52 bits per heavy atom. The molecule has 0 saturated heterocycles. The lowest BCUT2D eigenvalue weighted by molar-refractivity contribution is 0.575. The minimum absolute atomic E-state index is 0.407. The van der Waals surface area contributed by atoms with Crippen molar-refractivity contribution in [3.8, 4) is 17.4 Å². The van der Waals surface area contributed by atoms with E-state index in [9.17, 15) is 0 Å². The van der Waals surface area contributed by atoms with Crippen LogP contribution in [0.5, 0.6) is 0 Å². The van der Waals surface area contributed by atoms with Crippen LogP contribution in [0.15, 0.2) is 64.0 Å². The van der Waals surface area contributed by atoms with Gasteiger partial charge in [0.1, 0.15) is 11.5 Å². The zero-order valence-corrected chi connectivity index (χ0v) is 13.3. The quantitative estimate of drug-likeness (QED) is 0.559. The van der Waals surface area contributed by atoms with E-state index in [1.807, 2.05) is 24.3 Å². The molecule has 0 spiro atoms. The van der Waals surface area contributed by atoms with Crippen molar-refractivity contribution in [3.63, 3.8) is 0 Å². The van der Waals surface area contributed by atoms with Gasteiger partial charge in [0.05, 0.1) is 33.6 Å². The number of rotatable bonds is 3. The van der Waals surface area contributed by atoms with Crippen LogP contribution in [0.1, 0.15) is 11.3 Å². The molecule has 3 rings (SSSR count). The summed E-state index contributed by atoms with van der Waals surface area (Å²) in [4.78, 5) is 4.29. The van der Waals surface area contributed by atoms with E-state index in [4.69, 9.17) is 32.9 Å². The zero-order valence-electron chi connectivity index (χ0n) is 11.8. The maximum absolute atomic E-state index is 8.81. The zero-order chi connectivity index (χ0) is 16.2. The van der Waals surface area contributed by atoms with E-state index >= 15 is 0 Å². The second-order valence-electron chi connectivity index (χ2n) is 4.72. The molecule has 0 atom stereocenters. The van der Waals surface area contributed by atoms with Gasteiger partial charge in [-0.3, -0.25) is 4.99 Å². The molecule has 0 bridgehead atoms. The van der Waals surface area contributed by atoms with Gasteiger partial charge < -0.3 is 4.42 Å². The van der Waals surface area contributed by atoms with E-state index in [-0.39, 0.29) is 0 Å². The summed E-state index contributed by atoms with van der Waals surface area (Å²) in [6.45, 7) is 0. The molecule has 0 aliphatic carbocycles. The van der Waals surface area contributed by atoms with Gasteiger partial charge >= 0.3 is 0 Å². The Morgan fingerprint density at radius 2 is 1.78 bits per heavy atom. The minimum atomic E-state index is 0.407. The van der Waals surface area contributed by atoms with Crippen molar-refractivity contribution in [1.29, 1.82) is 5.26 Å². The fourth-order valence-corrected chi connectivity index (χ4v) is 2.36. The molecule has 0 fully saturated rings. The minimum Gasteiger partial charge on any atom is -0.455 e. The Bertz CT molecular complexity index is 906. The van der Waals surface area contributed by atoms with E-state index in [1.54, 1.807) is 36.5 Å². The summed E-state index contributed by atoms with van der Waals surface area (Å²) in [6.07, 6.45) is 1.59. The van der Waals surface area contributed by atoms with Gasteiger partial charge in [-0.05, 0) is 48.5 Å². The van der Waals surface area contributed by atoms with Crippen LogP contribution in [-0.4, -0.2) is 6.21 Å². The highest BCUT2D eigenvalue weighted by molar-refractivity contribution is 6.43. The third-order valence-electron chi connectivity index (χ3n) is 3.19. The molecular formula is C18H10Cl2N2O. The Morgan fingerprint density at radius 1 is 1.00 bits per heavy atom. The molecule has 1 aromatic heterocycles. The molecule has 23 heavy (non-hydrogen) atoms. The molecule has 0 N–H and O–H groups in total. The number of nitrogens with zero attached hydrogens (tertiary/aromatic N) is 2. The van der Waals surface area contributed by atoms with Gasteiger partial charge in [0.15, 0.2) is 0 Å². The van der Waals surface area contributed by atoms with Gasteiger partial charge in [0.25, 0.3) is 0 Å². The average molecular weight is 341 g/mol. The highest BCUT2D eigenvalue weighted by Crippen LogP contribution is 2.31. The standard InChI is InChI=1S/C18H10Cl2N2O/c19-15-2-1-3-16(18(15)20)22-11-14-8-9-17(23-14)13-6-4-12(10-21)5-7-13/h1-9,11H. The maximum Gasteiger partial charge on any atom is 0.145 e. The number of benzene rings is 2. The second kappa shape index (κ2) is 6.70. The van der Waals surface area contributed by atoms with E-state index in [1.165, 1.54) is 0 Å². The Hall–Kier alpha value is -2.54. The lowest BCUT2D eigenvalue weighted by Crippen LogP contribution is -1.77. The summed E-state index contributed by atoms with van der Waals surface area (Å²) in [7, 11) is 0. The molecule has 0 aliphatic rings. The van der Waals surface area contributed by atoms with Crippen LogP contribution in [0.4, 0.5) is 5.69 Å². The van der Waals surface area contributed by atoms with Crippen molar-refractivity contribution in [2.75, 3.05) is 0 Å². The lowest BCUT2D eigenvalue weighted by atomic mass is 10.1. The number of aliphatic imine (C=N–C) groups is 1. The first-order chi connectivity index (χ1) is 11.2. The van der Waals surface area contributed by atoms with E-state index in [2.05, 4.69) is 11.1 Å². The molecule has 0 amide bonds. The van der Waals surface area contributed by atoms with Gasteiger partial charge in [-0.2, -0.15) is 5.26 Å². The van der Waals surface area contributed by atoms with Crippen molar-refractivity contribution in [3.05, 3.63) is 76.0 Å². The molecule has 3 nitrogen and oxygen atoms in total. The summed E-state index contributed by atoms with van der Waals surface area (Å²) in [5, 5.41) is 9.68. The van der Waals surface area contributed by atoms with Crippen LogP contribution >= 0.6 is 23.2 Å². The first-order valence-electron chi connectivity index (χ1n) is 6.76. The number of halogens is 2. The smallest absolute Gasteiger partial charge is 0.145 e. The van der Waals surface area contributed by atoms with Gasteiger partial charge in [-0.1, -0.05) is 29.3 Å². The largest absolute Gasteiger partial charge is 0.455 e. The SMILES string of the molecule is N#Cc1ccc(-c2ccc(C=Nc3cccc(Cl)c3Cl)o2)cc1. The van der Waals surface area contributed by atoms with Crippen molar-refractivity contribution in [2.24, 2.45) is 4.99 Å². The van der Waals surface area contributed by atoms with Gasteiger partial charge in [0.2, 0.25) is 0 Å². The first kappa shape index (κ1) is 15.4. The molecule has 1 heterocycles. The Balaban J connectivity index is 1.83. The van der Waals surface area contributed by atoms with Crippen LogP contribution < -0.4 is 0 Å². The Labute approximate surface area is 143 Å². The van der Waals surface area contributed by atoms with Crippen molar-refractivity contribution in [1.82, 2.24) is 0 Å². The molecule has 0 radical (unpaired) electrons. The van der Waals surface area contributed by atoms with E-state index in [0.717, 1.165) is 5.56 Å². The molecule has 0 aliphatic heterocycles. The van der Waals surface area contributed by atoms with Gasteiger partial charge in [-0.25, -0.2) is 0 Å². The number of nitriles is 1. The van der Waals surface area contributed by atoms with Crippen molar-refractivity contribution >= 4 is 35.1 Å². The molecule has 0 saturated carbocycles. The van der Waals surface area contributed by atoms with Crippen LogP contribution in [-0.2, 0) is 0 Å². The lowest BCUT2D eigenvalue weighted by Gasteiger charge is -1.99. The summed E-state index contributed by atoms with van der Waals surface area (Å²) in [5.74, 6) is 1.30. The third kappa shape index (κ3) is 3.45. The molecule has 3 aromatic rings. The first-order valence-corrected chi connectivity index (χ1v) is 7.51. The summed E-state index contributed by atoms with van der Waals surface area (Å²) < 4.78 is 5.73. The second-order valence-corrected chi connectivity index (χ2v) is 5.51. The van der Waals surface area contributed by atoms with Crippen LogP contribution in [0.2, 0.25) is 10.0 Å². The number of furan rings is 1. The van der Waals surface area contributed by atoms with Crippen LogP contribution in [0, 0.1) is 11.3 Å². The predicted molar refractivity (Wildman–Crippen MR) is 92.6 cm³/mol. The molecule has 5 heteroatoms. The summed E-state index contributed by atoms with van der Waals surface area (Å²) in [6, 6.07) is 18.2. The Kier molecular flexibility index (Phi) is 4.47. The van der Waals surface area contributed by atoms with Gasteiger partial charge in [-0.15, -0.1) is 0 Å². The predicted octanol–water partition coefficient (Wildman–Crippen LogP) is 5.88. The molecule has 112 valence electrons. The third-order valence-corrected chi connectivity index (χ3v) is 4.00. The summed E-state index contributed by atoms with van der Waals surface area (Å²) >= 11 is 12.0. The average Bonchev–Trinajstić information content (AvgIpc) is 3.05. The van der Waals surface area contributed by atoms with E-state index < -0.39 is 0 Å². The maximum atomic E-state index is 8.81. The molecule has 0 unspecified atom stereocenters. The topological polar surface area (TPSA) is 49.3 Å². The van der Waals surface area contributed by atoms with Crippen molar-refractivity contribution in [2.45, 2.75) is 0 Å². The van der Waals surface area contributed by atoms with Crippen molar-refractivity contribution < 1.29 is 4.42 Å². The normalized spacial score (nSPS) is 10.8. The van der Waals surface area contributed by atoms with Gasteiger partial charge in [0, 0.05) is 5.56 Å². The number of hydrogen-bond acceptors (Lipinski definition) is 3. The monoisotopic (exact) mass is 340 g/mol. The highest BCUT2D eigenvalue weighted by Gasteiger charge is 2.05. The van der Waals surface area contributed by atoms with E-state index in [0.29, 0.717) is 32.8 Å². The fraction of sp³-hybridized carbons (Fsp3) is 0. The number of hydrogen-bond donors (Lipinski definition) is 0. The molecule has 2 aromatic carbocycles. The summed E-state index contributed by atoms with van der Waals surface area (Å²) in [5.41, 5.74) is 2.08. The van der Waals surface area contributed by atoms with Crippen LogP contribution in [0.25, 0.3) is 11.3 Å². The van der Waals surface area contributed by atoms with Crippen LogP contribution in [0.3, 0.4) is 0 Å².